The van der Waals surface area contributed by atoms with E-state index in [0.29, 0.717) is 16.7 Å². The molecule has 2 N–H and O–H groups in total. The van der Waals surface area contributed by atoms with Crippen molar-refractivity contribution >= 4 is 35.1 Å². The van der Waals surface area contributed by atoms with Gasteiger partial charge in [-0.25, -0.2) is 0 Å². The van der Waals surface area contributed by atoms with E-state index in [1.807, 2.05) is 30.3 Å². The van der Waals surface area contributed by atoms with Gasteiger partial charge in [-0.15, -0.1) is 0 Å². The first-order chi connectivity index (χ1) is 11.2. The van der Waals surface area contributed by atoms with E-state index in [4.69, 9.17) is 33.3 Å². The molecule has 7 heteroatoms. The molecule has 1 aliphatic heterocycles. The van der Waals surface area contributed by atoms with Gasteiger partial charge in [-0.05, 0) is 47.6 Å². The Kier molecular flexibility index (Phi) is 4.95. The highest BCUT2D eigenvalue weighted by Crippen LogP contribution is 2.32. The van der Waals surface area contributed by atoms with Crippen LogP contribution in [0.25, 0.3) is 0 Å². The molecular formula is C16H14ClN3O2S. The summed E-state index contributed by atoms with van der Waals surface area (Å²) < 4.78 is 10.6. The molecule has 2 aromatic rings. The lowest BCUT2D eigenvalue weighted by Gasteiger charge is -2.07. The normalized spacial score (nSPS) is 12.4. The van der Waals surface area contributed by atoms with Gasteiger partial charge in [-0.1, -0.05) is 29.8 Å². The monoisotopic (exact) mass is 347 g/mol. The molecule has 0 saturated heterocycles. The molecule has 0 unspecified atom stereocenters. The zero-order valence-electron chi connectivity index (χ0n) is 12.1. The minimum Gasteiger partial charge on any atom is -0.454 e. The van der Waals surface area contributed by atoms with Crippen molar-refractivity contribution in [1.29, 1.82) is 0 Å². The van der Waals surface area contributed by atoms with Crippen LogP contribution < -0.4 is 20.2 Å². The Balaban J connectivity index is 1.47. The van der Waals surface area contributed by atoms with E-state index in [1.54, 1.807) is 18.3 Å². The lowest BCUT2D eigenvalue weighted by Crippen LogP contribution is -2.31. The van der Waals surface area contributed by atoms with Gasteiger partial charge in [-0.2, -0.15) is 5.10 Å². The summed E-state index contributed by atoms with van der Waals surface area (Å²) in [6.07, 6.45) is 1.67. The van der Waals surface area contributed by atoms with Crippen molar-refractivity contribution in [1.82, 2.24) is 10.7 Å². The third-order valence-corrected chi connectivity index (χ3v) is 3.63. The Bertz CT molecular complexity index is 735. The fourth-order valence-electron chi connectivity index (χ4n) is 1.99. The highest BCUT2D eigenvalue weighted by atomic mass is 35.5. The molecule has 0 spiro atoms. The summed E-state index contributed by atoms with van der Waals surface area (Å²) in [5, 5.41) is 8.28. The first kappa shape index (κ1) is 15.6. The van der Waals surface area contributed by atoms with Gasteiger partial charge in [0, 0.05) is 11.6 Å². The van der Waals surface area contributed by atoms with Gasteiger partial charge < -0.3 is 14.8 Å². The van der Waals surface area contributed by atoms with Crippen LogP contribution >= 0.6 is 23.8 Å². The zero-order chi connectivity index (χ0) is 16.1. The Morgan fingerprint density at radius 1 is 1.17 bits per heavy atom. The number of nitrogens with one attached hydrogen (secondary N) is 2. The SMILES string of the molecule is S=C(NCc1ccc2c(c1)OCO2)N/N=C\c1ccc(Cl)cc1. The van der Waals surface area contributed by atoms with Crippen LogP contribution in [0.2, 0.25) is 5.02 Å². The summed E-state index contributed by atoms with van der Waals surface area (Å²) in [7, 11) is 0. The number of halogens is 1. The number of rotatable bonds is 4. The van der Waals surface area contributed by atoms with Crippen molar-refractivity contribution in [3.05, 3.63) is 58.6 Å². The van der Waals surface area contributed by atoms with E-state index >= 15 is 0 Å². The van der Waals surface area contributed by atoms with Crippen LogP contribution in [-0.2, 0) is 6.54 Å². The molecule has 1 heterocycles. The Morgan fingerprint density at radius 2 is 1.96 bits per heavy atom. The number of hydrogen-bond donors (Lipinski definition) is 2. The van der Waals surface area contributed by atoms with E-state index in [1.165, 1.54) is 0 Å². The lowest BCUT2D eigenvalue weighted by molar-refractivity contribution is 0.174. The molecule has 0 amide bonds. The number of thiocarbonyl (C=S) groups is 1. The van der Waals surface area contributed by atoms with Crippen molar-refractivity contribution in [2.75, 3.05) is 6.79 Å². The van der Waals surface area contributed by atoms with Gasteiger partial charge in [-0.3, -0.25) is 5.43 Å². The summed E-state index contributed by atoms with van der Waals surface area (Å²) >= 11 is 11.0. The minimum absolute atomic E-state index is 0.269. The maximum Gasteiger partial charge on any atom is 0.231 e. The number of nitrogens with zero attached hydrogens (tertiary/aromatic N) is 1. The predicted octanol–water partition coefficient (Wildman–Crippen LogP) is 3.07. The van der Waals surface area contributed by atoms with E-state index in [0.717, 1.165) is 22.6 Å². The van der Waals surface area contributed by atoms with Crippen molar-refractivity contribution in [3.63, 3.8) is 0 Å². The van der Waals surface area contributed by atoms with Crippen LogP contribution in [0.4, 0.5) is 0 Å². The molecule has 0 aliphatic carbocycles. The predicted molar refractivity (Wildman–Crippen MR) is 94.2 cm³/mol. The summed E-state index contributed by atoms with van der Waals surface area (Å²) in [5.74, 6) is 1.52. The van der Waals surface area contributed by atoms with Crippen LogP contribution in [0.3, 0.4) is 0 Å². The van der Waals surface area contributed by atoms with Gasteiger partial charge in [0.25, 0.3) is 0 Å². The van der Waals surface area contributed by atoms with Gasteiger partial charge in [0.15, 0.2) is 16.6 Å². The van der Waals surface area contributed by atoms with Gasteiger partial charge in [0.2, 0.25) is 6.79 Å². The van der Waals surface area contributed by atoms with Crippen LogP contribution in [-0.4, -0.2) is 18.1 Å². The molecule has 2 aromatic carbocycles. The van der Waals surface area contributed by atoms with Crippen molar-refractivity contribution in [2.24, 2.45) is 5.10 Å². The summed E-state index contributed by atoms with van der Waals surface area (Å²) in [4.78, 5) is 0. The standard InChI is InChI=1S/C16H14ClN3O2S/c17-13-4-1-11(2-5-13)9-19-20-16(23)18-8-12-3-6-14-15(7-12)22-10-21-14/h1-7,9H,8,10H2,(H2,18,20,23)/b19-9-. The number of fused-ring (bicyclic) bond motifs is 1. The Hall–Kier alpha value is -2.31. The van der Waals surface area contributed by atoms with Crippen molar-refractivity contribution < 1.29 is 9.47 Å². The molecule has 5 nitrogen and oxygen atoms in total. The molecule has 0 saturated carbocycles. The number of ether oxygens (including phenoxy) is 2. The minimum atomic E-state index is 0.269. The second-order valence-electron chi connectivity index (χ2n) is 4.79. The molecule has 0 bridgehead atoms. The van der Waals surface area contributed by atoms with E-state index in [9.17, 15) is 0 Å². The quantitative estimate of drug-likeness (QED) is 0.506. The lowest BCUT2D eigenvalue weighted by atomic mass is 10.2. The van der Waals surface area contributed by atoms with Crippen LogP contribution in [0, 0.1) is 0 Å². The summed E-state index contributed by atoms with van der Waals surface area (Å²) in [5.41, 5.74) is 4.74. The third kappa shape index (κ3) is 4.34. The first-order valence-corrected chi connectivity index (χ1v) is 7.70. The molecule has 3 rings (SSSR count). The number of hydrogen-bond acceptors (Lipinski definition) is 4. The van der Waals surface area contributed by atoms with Crippen LogP contribution in [0.5, 0.6) is 11.5 Å². The van der Waals surface area contributed by atoms with Crippen LogP contribution in [0.15, 0.2) is 47.6 Å². The van der Waals surface area contributed by atoms with Gasteiger partial charge in [0.05, 0.1) is 6.21 Å². The third-order valence-electron chi connectivity index (χ3n) is 3.14. The molecular weight excluding hydrogens is 334 g/mol. The first-order valence-electron chi connectivity index (χ1n) is 6.92. The fraction of sp³-hybridized carbons (Fsp3) is 0.125. The molecule has 1 aliphatic rings. The largest absolute Gasteiger partial charge is 0.454 e. The maximum absolute atomic E-state index is 5.82. The molecule has 23 heavy (non-hydrogen) atoms. The zero-order valence-corrected chi connectivity index (χ0v) is 13.7. The highest BCUT2D eigenvalue weighted by molar-refractivity contribution is 7.80. The second-order valence-corrected chi connectivity index (χ2v) is 5.64. The number of hydrazone groups is 1. The van der Waals surface area contributed by atoms with Gasteiger partial charge in [0.1, 0.15) is 0 Å². The van der Waals surface area contributed by atoms with E-state index in [-0.39, 0.29) is 6.79 Å². The Morgan fingerprint density at radius 3 is 2.78 bits per heavy atom. The average Bonchev–Trinajstić information content (AvgIpc) is 3.02. The van der Waals surface area contributed by atoms with E-state index < -0.39 is 0 Å². The van der Waals surface area contributed by atoms with E-state index in [2.05, 4.69) is 15.8 Å². The summed E-state index contributed by atoms with van der Waals surface area (Å²) in [6, 6.07) is 13.1. The fourth-order valence-corrected chi connectivity index (χ4v) is 2.24. The molecule has 0 atom stereocenters. The summed E-state index contributed by atoms with van der Waals surface area (Å²) in [6.45, 7) is 0.838. The Labute approximate surface area is 144 Å². The molecule has 0 radical (unpaired) electrons. The van der Waals surface area contributed by atoms with Crippen molar-refractivity contribution in [2.45, 2.75) is 6.54 Å². The topological polar surface area (TPSA) is 54.9 Å². The van der Waals surface area contributed by atoms with Gasteiger partial charge >= 0.3 is 0 Å². The van der Waals surface area contributed by atoms with Crippen molar-refractivity contribution in [3.8, 4) is 11.5 Å². The maximum atomic E-state index is 5.82. The average molecular weight is 348 g/mol. The molecule has 118 valence electrons. The smallest absolute Gasteiger partial charge is 0.231 e. The number of benzene rings is 2. The molecule has 0 aromatic heterocycles. The molecule has 0 fully saturated rings. The second kappa shape index (κ2) is 7.30. The highest BCUT2D eigenvalue weighted by Gasteiger charge is 2.12. The van der Waals surface area contributed by atoms with Crippen LogP contribution in [0.1, 0.15) is 11.1 Å².